The summed E-state index contributed by atoms with van der Waals surface area (Å²) >= 11 is 0. The van der Waals surface area contributed by atoms with Gasteiger partial charge in [0.2, 0.25) is 0 Å². The van der Waals surface area contributed by atoms with Gasteiger partial charge in [0.15, 0.2) is 0 Å². The summed E-state index contributed by atoms with van der Waals surface area (Å²) in [4.78, 5) is 8.15. The van der Waals surface area contributed by atoms with E-state index in [0.29, 0.717) is 11.6 Å². The molecule has 0 atom stereocenters. The Morgan fingerprint density at radius 3 is 2.92 bits per heavy atom. The maximum absolute atomic E-state index is 8.18. The quantitative estimate of drug-likeness (QED) is 0.537. The second-order valence-corrected chi connectivity index (χ2v) is 2.44. The molecule has 0 saturated carbocycles. The topological polar surface area (TPSA) is 74.0 Å². The van der Waals surface area contributed by atoms with E-state index in [2.05, 4.69) is 20.5 Å². The van der Waals surface area contributed by atoms with Gasteiger partial charge in [-0.25, -0.2) is 9.97 Å². The van der Waals surface area contributed by atoms with Gasteiger partial charge >= 0.3 is 0 Å². The van der Waals surface area contributed by atoms with Crippen molar-refractivity contribution in [2.24, 2.45) is 5.10 Å². The molecule has 0 amide bonds. The van der Waals surface area contributed by atoms with Gasteiger partial charge in [-0.1, -0.05) is 0 Å². The number of nitrogens with one attached hydrogen (secondary N) is 1. The second-order valence-electron chi connectivity index (χ2n) is 2.44. The minimum absolute atomic E-state index is 0.594. The van der Waals surface area contributed by atoms with Crippen LogP contribution in [-0.4, -0.2) is 16.2 Å². The molecule has 1 aromatic rings. The number of anilines is 1. The molecule has 13 heavy (non-hydrogen) atoms. The Morgan fingerprint density at radius 1 is 1.54 bits per heavy atom. The van der Waals surface area contributed by atoms with Crippen LogP contribution >= 0.6 is 0 Å². The lowest BCUT2D eigenvalue weighted by Gasteiger charge is -2.00. The molecular formula is C8H9N5. The van der Waals surface area contributed by atoms with E-state index in [0.717, 1.165) is 11.9 Å². The van der Waals surface area contributed by atoms with E-state index >= 15 is 0 Å². The molecule has 66 valence electrons. The van der Waals surface area contributed by atoms with E-state index < -0.39 is 0 Å². The van der Waals surface area contributed by atoms with Crippen LogP contribution in [0, 0.1) is 25.2 Å². The summed E-state index contributed by atoms with van der Waals surface area (Å²) in [5, 5.41) is 11.8. The number of aryl methyl sites for hydroxylation is 2. The summed E-state index contributed by atoms with van der Waals surface area (Å²) in [7, 11) is 0. The summed E-state index contributed by atoms with van der Waals surface area (Å²) in [6.45, 7) is 3.67. The van der Waals surface area contributed by atoms with Gasteiger partial charge in [0.05, 0.1) is 0 Å². The number of hydrogen-bond acceptors (Lipinski definition) is 5. The maximum atomic E-state index is 8.18. The average molecular weight is 175 g/mol. The first-order chi connectivity index (χ1) is 6.22. The molecule has 0 aliphatic heterocycles. The third kappa shape index (κ3) is 2.87. The summed E-state index contributed by atoms with van der Waals surface area (Å²) in [5.41, 5.74) is 3.49. The van der Waals surface area contributed by atoms with E-state index in [4.69, 9.17) is 5.26 Å². The highest BCUT2D eigenvalue weighted by molar-refractivity contribution is 5.75. The summed E-state index contributed by atoms with van der Waals surface area (Å²) in [6.07, 6.45) is 1.10. The maximum Gasteiger partial charge on any atom is 0.150 e. The molecular weight excluding hydrogens is 166 g/mol. The largest absolute Gasteiger partial charge is 0.261 e. The Hall–Kier alpha value is -1.96. The number of hydrazone groups is 1. The lowest BCUT2D eigenvalue weighted by atomic mass is 10.4. The summed E-state index contributed by atoms with van der Waals surface area (Å²) in [5.74, 6) is 1.27. The number of hydrogen-bond donors (Lipinski definition) is 1. The number of aromatic nitrogens is 2. The zero-order chi connectivity index (χ0) is 9.68. The molecule has 0 aromatic carbocycles. The van der Waals surface area contributed by atoms with Crippen molar-refractivity contribution < 1.29 is 0 Å². The summed E-state index contributed by atoms with van der Waals surface area (Å²) < 4.78 is 0. The first-order valence-corrected chi connectivity index (χ1v) is 3.72. The Balaban J connectivity index is 2.78. The average Bonchev–Trinajstić information content (AvgIpc) is 2.03. The minimum Gasteiger partial charge on any atom is -0.261 e. The van der Waals surface area contributed by atoms with Crippen molar-refractivity contribution in [2.75, 3.05) is 5.43 Å². The Kier molecular flexibility index (Phi) is 2.92. The molecule has 1 N–H and O–H groups in total. The molecule has 5 nitrogen and oxygen atoms in total. The van der Waals surface area contributed by atoms with E-state index in [1.165, 1.54) is 0 Å². The molecule has 1 aromatic heterocycles. The van der Waals surface area contributed by atoms with Crippen LogP contribution in [0.25, 0.3) is 0 Å². The van der Waals surface area contributed by atoms with Gasteiger partial charge in [-0.3, -0.25) is 5.43 Å². The zero-order valence-corrected chi connectivity index (χ0v) is 7.44. The number of rotatable bonds is 2. The third-order valence-electron chi connectivity index (χ3n) is 1.27. The van der Waals surface area contributed by atoms with Gasteiger partial charge in [-0.2, -0.15) is 10.4 Å². The van der Waals surface area contributed by atoms with Crippen molar-refractivity contribution in [1.29, 1.82) is 5.26 Å². The normalized spacial score (nSPS) is 9.92. The standard InChI is InChI=1S/C8H9N5/c1-6-5-8(12-7(2)11-6)13-10-4-3-9/h4-5H,1-2H3,(H,11,12,13)/b10-4+. The highest BCUT2D eigenvalue weighted by Gasteiger charge is 1.95. The molecule has 0 unspecified atom stereocenters. The fourth-order valence-corrected chi connectivity index (χ4v) is 0.902. The lowest BCUT2D eigenvalue weighted by molar-refractivity contribution is 1.01. The lowest BCUT2D eigenvalue weighted by Crippen LogP contribution is -1.97. The highest BCUT2D eigenvalue weighted by Crippen LogP contribution is 2.04. The van der Waals surface area contributed by atoms with Crippen LogP contribution in [0.2, 0.25) is 0 Å². The highest BCUT2D eigenvalue weighted by atomic mass is 15.3. The van der Waals surface area contributed by atoms with E-state index in [-0.39, 0.29) is 0 Å². The van der Waals surface area contributed by atoms with Crippen molar-refractivity contribution in [3.05, 3.63) is 17.6 Å². The number of nitriles is 1. The fraction of sp³-hybridized carbons (Fsp3) is 0.250. The van der Waals surface area contributed by atoms with Crippen LogP contribution < -0.4 is 5.43 Å². The van der Waals surface area contributed by atoms with Gasteiger partial charge in [-0.15, -0.1) is 0 Å². The van der Waals surface area contributed by atoms with Crippen molar-refractivity contribution in [2.45, 2.75) is 13.8 Å². The first-order valence-electron chi connectivity index (χ1n) is 3.72. The summed E-state index contributed by atoms with van der Waals surface area (Å²) in [6, 6.07) is 3.52. The Bertz CT molecular complexity index is 343. The van der Waals surface area contributed by atoms with Crippen molar-refractivity contribution in [3.8, 4) is 6.07 Å². The molecule has 0 bridgehead atoms. The second kappa shape index (κ2) is 4.16. The van der Waals surface area contributed by atoms with Crippen molar-refractivity contribution in [1.82, 2.24) is 9.97 Å². The first kappa shape index (κ1) is 9.13. The van der Waals surface area contributed by atoms with Gasteiger partial charge in [0, 0.05) is 11.8 Å². The van der Waals surface area contributed by atoms with E-state index in [1.54, 1.807) is 19.1 Å². The molecule has 1 rings (SSSR count). The Morgan fingerprint density at radius 2 is 2.31 bits per heavy atom. The van der Waals surface area contributed by atoms with Crippen LogP contribution in [0.5, 0.6) is 0 Å². The molecule has 0 aliphatic rings. The fourth-order valence-electron chi connectivity index (χ4n) is 0.902. The number of nitrogens with zero attached hydrogens (tertiary/aromatic N) is 4. The SMILES string of the molecule is Cc1cc(N/N=C/C#N)nc(C)n1. The van der Waals surface area contributed by atoms with Crippen LogP contribution in [0.4, 0.5) is 5.82 Å². The molecule has 0 aliphatic carbocycles. The van der Waals surface area contributed by atoms with E-state index in [9.17, 15) is 0 Å². The predicted molar refractivity (Wildman–Crippen MR) is 49.2 cm³/mol. The van der Waals surface area contributed by atoms with Crippen molar-refractivity contribution in [3.63, 3.8) is 0 Å². The van der Waals surface area contributed by atoms with Gasteiger partial charge in [-0.05, 0) is 13.8 Å². The van der Waals surface area contributed by atoms with Gasteiger partial charge in [0.1, 0.15) is 23.9 Å². The van der Waals surface area contributed by atoms with Crippen molar-refractivity contribution >= 4 is 12.0 Å². The van der Waals surface area contributed by atoms with Gasteiger partial charge < -0.3 is 0 Å². The van der Waals surface area contributed by atoms with Crippen LogP contribution in [0.1, 0.15) is 11.5 Å². The molecule has 0 spiro atoms. The minimum atomic E-state index is 0.594. The molecule has 5 heteroatoms. The van der Waals surface area contributed by atoms with Crippen LogP contribution in [0.3, 0.4) is 0 Å². The third-order valence-corrected chi connectivity index (χ3v) is 1.27. The predicted octanol–water partition coefficient (Wildman–Crippen LogP) is 1.01. The van der Waals surface area contributed by atoms with E-state index in [1.807, 2.05) is 6.92 Å². The molecule has 1 heterocycles. The van der Waals surface area contributed by atoms with Crippen LogP contribution in [0.15, 0.2) is 11.2 Å². The van der Waals surface area contributed by atoms with Crippen LogP contribution in [-0.2, 0) is 0 Å². The Labute approximate surface area is 76.1 Å². The van der Waals surface area contributed by atoms with Gasteiger partial charge in [0.25, 0.3) is 0 Å². The smallest absolute Gasteiger partial charge is 0.150 e. The molecule has 0 radical (unpaired) electrons. The molecule has 0 saturated heterocycles. The zero-order valence-electron chi connectivity index (χ0n) is 7.44. The monoisotopic (exact) mass is 175 g/mol. The molecule has 0 fully saturated rings.